The van der Waals surface area contributed by atoms with E-state index in [4.69, 9.17) is 4.74 Å². The number of aromatic nitrogens is 2. The van der Waals surface area contributed by atoms with Gasteiger partial charge in [-0.05, 0) is 19.8 Å². The molecular weight excluding hydrogens is 182 g/mol. The predicted octanol–water partition coefficient (Wildman–Crippen LogP) is 0.944. The maximum absolute atomic E-state index is 11.5. The van der Waals surface area contributed by atoms with E-state index < -0.39 is 0 Å². The molecule has 0 saturated heterocycles. The second-order valence-corrected chi connectivity index (χ2v) is 3.18. The highest BCUT2D eigenvalue weighted by atomic mass is 16.5. The summed E-state index contributed by atoms with van der Waals surface area (Å²) in [5, 5.41) is 9.87. The van der Waals surface area contributed by atoms with E-state index in [-0.39, 0.29) is 5.97 Å². The highest BCUT2D eigenvalue weighted by molar-refractivity contribution is 5.90. The average Bonchev–Trinajstić information content (AvgIpc) is 2.61. The minimum atomic E-state index is -0.315. The van der Waals surface area contributed by atoms with E-state index in [2.05, 4.69) is 15.5 Å². The second kappa shape index (κ2) is 3.69. The lowest BCUT2D eigenvalue weighted by Gasteiger charge is -2.12. The van der Waals surface area contributed by atoms with Crippen molar-refractivity contribution in [2.45, 2.75) is 19.8 Å². The van der Waals surface area contributed by atoms with Crippen molar-refractivity contribution in [3.05, 3.63) is 11.3 Å². The number of ether oxygens (including phenoxy) is 1. The molecule has 5 nitrogen and oxygen atoms in total. The quantitative estimate of drug-likeness (QED) is 0.689. The van der Waals surface area contributed by atoms with Gasteiger partial charge in [0.05, 0.1) is 6.61 Å². The molecule has 76 valence electrons. The van der Waals surface area contributed by atoms with Crippen LogP contribution in [0, 0.1) is 0 Å². The van der Waals surface area contributed by atoms with Crippen LogP contribution in [0.2, 0.25) is 0 Å². The first-order chi connectivity index (χ1) is 6.83. The summed E-state index contributed by atoms with van der Waals surface area (Å²) in [6.45, 7) is 3.10. The van der Waals surface area contributed by atoms with Crippen molar-refractivity contribution >= 4 is 11.8 Å². The first-order valence-electron chi connectivity index (χ1n) is 4.81. The van der Waals surface area contributed by atoms with Gasteiger partial charge in [0.1, 0.15) is 5.69 Å². The summed E-state index contributed by atoms with van der Waals surface area (Å²) in [5.41, 5.74) is 1.45. The van der Waals surface area contributed by atoms with Crippen molar-refractivity contribution in [3.63, 3.8) is 0 Å². The maximum Gasteiger partial charge on any atom is 0.356 e. The Hall–Kier alpha value is -1.52. The Labute approximate surface area is 81.8 Å². The topological polar surface area (TPSA) is 67.0 Å². The number of nitrogens with one attached hydrogen (secondary N) is 2. The summed E-state index contributed by atoms with van der Waals surface area (Å²) in [5.74, 6) is 0.476. The normalized spacial score (nSPS) is 14.4. The van der Waals surface area contributed by atoms with Crippen LogP contribution >= 0.6 is 0 Å². The number of aromatic amines is 1. The molecule has 1 aliphatic heterocycles. The Morgan fingerprint density at radius 3 is 3.29 bits per heavy atom. The van der Waals surface area contributed by atoms with Crippen LogP contribution in [0.1, 0.15) is 29.4 Å². The summed E-state index contributed by atoms with van der Waals surface area (Å²) in [6.07, 6.45) is 1.91. The van der Waals surface area contributed by atoms with E-state index in [0.717, 1.165) is 30.8 Å². The predicted molar refractivity (Wildman–Crippen MR) is 51.4 cm³/mol. The second-order valence-electron chi connectivity index (χ2n) is 3.18. The monoisotopic (exact) mass is 195 g/mol. The molecule has 2 heterocycles. The van der Waals surface area contributed by atoms with Gasteiger partial charge in [-0.25, -0.2) is 4.79 Å². The van der Waals surface area contributed by atoms with Gasteiger partial charge in [-0.1, -0.05) is 0 Å². The summed E-state index contributed by atoms with van der Waals surface area (Å²) >= 11 is 0. The smallest absolute Gasteiger partial charge is 0.356 e. The van der Waals surface area contributed by atoms with Crippen molar-refractivity contribution in [2.24, 2.45) is 0 Å². The summed E-state index contributed by atoms with van der Waals surface area (Å²) in [4.78, 5) is 11.5. The molecule has 0 spiro atoms. The third kappa shape index (κ3) is 1.45. The van der Waals surface area contributed by atoms with E-state index in [0.29, 0.717) is 12.3 Å². The molecule has 0 aliphatic carbocycles. The number of fused-ring (bicyclic) bond motifs is 1. The van der Waals surface area contributed by atoms with E-state index in [9.17, 15) is 4.79 Å². The van der Waals surface area contributed by atoms with E-state index in [1.807, 2.05) is 0 Å². The fraction of sp³-hybridized carbons (Fsp3) is 0.556. The van der Waals surface area contributed by atoms with Gasteiger partial charge < -0.3 is 10.1 Å². The highest BCUT2D eigenvalue weighted by Crippen LogP contribution is 2.22. The number of rotatable bonds is 2. The molecule has 0 saturated carbocycles. The van der Waals surface area contributed by atoms with E-state index in [1.165, 1.54) is 0 Å². The Morgan fingerprint density at radius 2 is 2.50 bits per heavy atom. The largest absolute Gasteiger partial charge is 0.461 e. The summed E-state index contributed by atoms with van der Waals surface area (Å²) < 4.78 is 4.91. The third-order valence-electron chi connectivity index (χ3n) is 2.24. The molecule has 5 heteroatoms. The molecule has 14 heavy (non-hydrogen) atoms. The Kier molecular flexibility index (Phi) is 2.39. The first-order valence-corrected chi connectivity index (χ1v) is 4.81. The lowest BCUT2D eigenvalue weighted by Crippen LogP contribution is -2.14. The van der Waals surface area contributed by atoms with Crippen LogP contribution in [0.3, 0.4) is 0 Å². The van der Waals surface area contributed by atoms with Gasteiger partial charge in [0, 0.05) is 12.1 Å². The summed E-state index contributed by atoms with van der Waals surface area (Å²) in [7, 11) is 0. The molecule has 1 aromatic heterocycles. The molecule has 0 bridgehead atoms. The fourth-order valence-corrected chi connectivity index (χ4v) is 1.60. The van der Waals surface area contributed by atoms with Gasteiger partial charge in [0.25, 0.3) is 0 Å². The molecule has 0 amide bonds. The standard InChI is InChI=1S/C9H13N3O2/c1-2-14-9(13)7-6-4-3-5-10-8(6)12-11-7/h2-5H2,1H3,(H2,10,11,12). The number of H-pyrrole nitrogens is 1. The zero-order chi connectivity index (χ0) is 9.97. The molecule has 1 aromatic rings. The van der Waals surface area contributed by atoms with Crippen molar-refractivity contribution in [3.8, 4) is 0 Å². The highest BCUT2D eigenvalue weighted by Gasteiger charge is 2.21. The number of carbonyl (C=O) groups is 1. The van der Waals surface area contributed by atoms with Crippen LogP contribution in [0.5, 0.6) is 0 Å². The molecule has 0 aromatic carbocycles. The van der Waals surface area contributed by atoms with Crippen LogP contribution in [0.4, 0.5) is 5.82 Å². The molecule has 1 aliphatic rings. The van der Waals surface area contributed by atoms with Crippen molar-refractivity contribution in [1.82, 2.24) is 10.2 Å². The van der Waals surface area contributed by atoms with E-state index in [1.54, 1.807) is 6.92 Å². The third-order valence-corrected chi connectivity index (χ3v) is 2.24. The minimum absolute atomic E-state index is 0.315. The molecule has 0 radical (unpaired) electrons. The molecular formula is C9H13N3O2. The molecule has 0 unspecified atom stereocenters. The van der Waals surface area contributed by atoms with Crippen molar-refractivity contribution < 1.29 is 9.53 Å². The lowest BCUT2D eigenvalue weighted by atomic mass is 10.1. The van der Waals surface area contributed by atoms with Gasteiger partial charge in [-0.2, -0.15) is 5.10 Å². The Balaban J connectivity index is 2.25. The fourth-order valence-electron chi connectivity index (χ4n) is 1.60. The van der Waals surface area contributed by atoms with Crippen LogP contribution < -0.4 is 5.32 Å². The van der Waals surface area contributed by atoms with Crippen LogP contribution in [0.25, 0.3) is 0 Å². The SMILES string of the molecule is CCOC(=O)c1[nH]nc2c1CCCN2. The maximum atomic E-state index is 11.5. The lowest BCUT2D eigenvalue weighted by molar-refractivity contribution is 0.0518. The van der Waals surface area contributed by atoms with Crippen LogP contribution in [0.15, 0.2) is 0 Å². The first kappa shape index (κ1) is 9.05. The number of esters is 1. The van der Waals surface area contributed by atoms with Crippen molar-refractivity contribution in [2.75, 3.05) is 18.5 Å². The van der Waals surface area contributed by atoms with Crippen LogP contribution in [-0.2, 0) is 11.2 Å². The Morgan fingerprint density at radius 1 is 1.64 bits per heavy atom. The molecule has 2 rings (SSSR count). The average molecular weight is 195 g/mol. The number of anilines is 1. The number of hydrogen-bond donors (Lipinski definition) is 2. The number of carbonyl (C=O) groups excluding carboxylic acids is 1. The van der Waals surface area contributed by atoms with E-state index >= 15 is 0 Å². The molecule has 2 N–H and O–H groups in total. The van der Waals surface area contributed by atoms with Gasteiger partial charge in [-0.3, -0.25) is 5.10 Å². The number of hydrogen-bond acceptors (Lipinski definition) is 4. The van der Waals surface area contributed by atoms with Gasteiger partial charge in [0.2, 0.25) is 0 Å². The number of nitrogens with zero attached hydrogens (tertiary/aromatic N) is 1. The minimum Gasteiger partial charge on any atom is -0.461 e. The zero-order valence-electron chi connectivity index (χ0n) is 8.09. The van der Waals surface area contributed by atoms with Gasteiger partial charge >= 0.3 is 5.97 Å². The Bertz CT molecular complexity index is 346. The van der Waals surface area contributed by atoms with Crippen molar-refractivity contribution in [1.29, 1.82) is 0 Å². The molecule has 0 atom stereocenters. The zero-order valence-corrected chi connectivity index (χ0v) is 8.09. The van der Waals surface area contributed by atoms with Gasteiger partial charge in [-0.15, -0.1) is 0 Å². The van der Waals surface area contributed by atoms with Crippen LogP contribution in [-0.4, -0.2) is 29.3 Å². The summed E-state index contributed by atoms with van der Waals surface area (Å²) in [6, 6.07) is 0. The van der Waals surface area contributed by atoms with Gasteiger partial charge in [0.15, 0.2) is 5.82 Å². The molecule has 0 fully saturated rings.